The molecule has 3 aliphatic rings. The molecule has 0 radical (unpaired) electrons. The zero-order valence-electron chi connectivity index (χ0n) is 19.3. The molecule has 1 spiro atoms. The third-order valence-electron chi connectivity index (χ3n) is 7.43. The summed E-state index contributed by atoms with van der Waals surface area (Å²) in [6, 6.07) is 14.4. The molecule has 0 saturated carbocycles. The minimum Gasteiger partial charge on any atom is -0.493 e. The SMILES string of the molecule is CC(C)CCN1c2cccnc2-n2cccc2C12CCN(C(=O)c1ccc3c(c1)CCO3)C2. The van der Waals surface area contributed by atoms with Crippen LogP contribution in [0.2, 0.25) is 0 Å². The molecular formula is C27H30N4O2. The van der Waals surface area contributed by atoms with Crippen molar-refractivity contribution in [2.45, 2.75) is 38.6 Å². The average molecular weight is 443 g/mol. The number of rotatable bonds is 4. The number of fused-ring (bicyclic) bond motifs is 5. The molecule has 1 saturated heterocycles. The van der Waals surface area contributed by atoms with Crippen molar-refractivity contribution in [3.63, 3.8) is 0 Å². The van der Waals surface area contributed by atoms with Gasteiger partial charge in [0.1, 0.15) is 11.3 Å². The fourth-order valence-corrected chi connectivity index (χ4v) is 5.72. The molecule has 5 heterocycles. The summed E-state index contributed by atoms with van der Waals surface area (Å²) in [6.45, 7) is 7.60. The van der Waals surface area contributed by atoms with E-state index in [1.807, 2.05) is 35.4 Å². The molecular weight excluding hydrogens is 412 g/mol. The maximum absolute atomic E-state index is 13.6. The summed E-state index contributed by atoms with van der Waals surface area (Å²) in [5, 5.41) is 0. The van der Waals surface area contributed by atoms with E-state index in [1.165, 1.54) is 5.69 Å². The molecule has 1 amide bonds. The zero-order chi connectivity index (χ0) is 22.6. The lowest BCUT2D eigenvalue weighted by atomic mass is 9.88. The van der Waals surface area contributed by atoms with E-state index in [0.29, 0.717) is 19.1 Å². The summed E-state index contributed by atoms with van der Waals surface area (Å²) >= 11 is 0. The van der Waals surface area contributed by atoms with Crippen molar-refractivity contribution in [2.24, 2.45) is 5.92 Å². The maximum atomic E-state index is 13.6. The Hall–Kier alpha value is -3.28. The van der Waals surface area contributed by atoms with E-state index < -0.39 is 0 Å². The Bertz CT molecular complexity index is 1220. The van der Waals surface area contributed by atoms with Gasteiger partial charge in [-0.3, -0.25) is 4.79 Å². The number of carbonyl (C=O) groups excluding carboxylic acids is 1. The van der Waals surface area contributed by atoms with Crippen LogP contribution in [0.25, 0.3) is 5.82 Å². The van der Waals surface area contributed by atoms with Crippen LogP contribution in [0.3, 0.4) is 0 Å². The van der Waals surface area contributed by atoms with Crippen molar-refractivity contribution >= 4 is 11.6 Å². The fraction of sp³-hybridized carbons (Fsp3) is 0.407. The molecule has 0 aliphatic carbocycles. The van der Waals surface area contributed by atoms with Crippen LogP contribution in [0.15, 0.2) is 54.9 Å². The maximum Gasteiger partial charge on any atom is 0.253 e. The second-order valence-electron chi connectivity index (χ2n) is 9.87. The zero-order valence-corrected chi connectivity index (χ0v) is 19.3. The molecule has 1 aromatic carbocycles. The van der Waals surface area contributed by atoms with Crippen molar-refractivity contribution < 1.29 is 9.53 Å². The van der Waals surface area contributed by atoms with E-state index in [1.54, 1.807) is 0 Å². The van der Waals surface area contributed by atoms with E-state index in [4.69, 9.17) is 9.72 Å². The van der Waals surface area contributed by atoms with Gasteiger partial charge in [-0.15, -0.1) is 0 Å². The molecule has 6 nitrogen and oxygen atoms in total. The standard InChI is InChI=1S/C27H30N4O2/c1-19(2)9-14-31-22-5-3-12-28-25(22)30-13-4-6-24(30)27(31)11-15-29(18-27)26(32)21-7-8-23-20(17-21)10-16-33-23/h3-8,12-13,17,19H,9-11,14-16,18H2,1-2H3. The highest BCUT2D eigenvalue weighted by atomic mass is 16.5. The van der Waals surface area contributed by atoms with Crippen molar-refractivity contribution in [1.29, 1.82) is 0 Å². The lowest BCUT2D eigenvalue weighted by Crippen LogP contribution is -2.53. The lowest BCUT2D eigenvalue weighted by Gasteiger charge is -2.47. The Morgan fingerprint density at radius 1 is 1.21 bits per heavy atom. The highest BCUT2D eigenvalue weighted by Gasteiger charge is 2.50. The van der Waals surface area contributed by atoms with Crippen LogP contribution in [0.4, 0.5) is 5.69 Å². The first-order valence-corrected chi connectivity index (χ1v) is 12.0. The van der Waals surface area contributed by atoms with Gasteiger partial charge >= 0.3 is 0 Å². The van der Waals surface area contributed by atoms with Crippen LogP contribution in [0.1, 0.15) is 48.3 Å². The highest BCUT2D eigenvalue weighted by molar-refractivity contribution is 5.95. The van der Waals surface area contributed by atoms with Crippen LogP contribution in [-0.2, 0) is 12.0 Å². The molecule has 1 unspecified atom stereocenters. The van der Waals surface area contributed by atoms with Gasteiger partial charge in [-0.05, 0) is 66.8 Å². The number of nitrogens with zero attached hydrogens (tertiary/aromatic N) is 4. The normalized spacial score (nSPS) is 20.7. The molecule has 2 aromatic heterocycles. The molecule has 3 aliphatic heterocycles. The molecule has 1 atom stereocenters. The van der Waals surface area contributed by atoms with Gasteiger partial charge in [0.25, 0.3) is 5.91 Å². The van der Waals surface area contributed by atoms with E-state index in [2.05, 4.69) is 47.7 Å². The Labute approximate surface area is 194 Å². The smallest absolute Gasteiger partial charge is 0.253 e. The minimum atomic E-state index is -0.246. The minimum absolute atomic E-state index is 0.112. The summed E-state index contributed by atoms with van der Waals surface area (Å²) in [6.07, 6.45) is 6.84. The number of benzene rings is 1. The Morgan fingerprint density at radius 2 is 2.12 bits per heavy atom. The number of likely N-dealkylation sites (tertiary alicyclic amines) is 1. The van der Waals surface area contributed by atoms with Crippen molar-refractivity contribution in [3.8, 4) is 11.6 Å². The van der Waals surface area contributed by atoms with Gasteiger partial charge < -0.3 is 19.1 Å². The predicted molar refractivity (Wildman–Crippen MR) is 128 cm³/mol. The molecule has 170 valence electrons. The third-order valence-corrected chi connectivity index (χ3v) is 7.43. The molecule has 3 aromatic rings. The summed E-state index contributed by atoms with van der Waals surface area (Å²) in [5.74, 6) is 2.61. The van der Waals surface area contributed by atoms with E-state index in [0.717, 1.165) is 60.7 Å². The van der Waals surface area contributed by atoms with E-state index >= 15 is 0 Å². The van der Waals surface area contributed by atoms with Crippen molar-refractivity contribution in [3.05, 3.63) is 71.7 Å². The summed E-state index contributed by atoms with van der Waals surface area (Å²) in [7, 11) is 0. The Morgan fingerprint density at radius 3 is 3.00 bits per heavy atom. The van der Waals surface area contributed by atoms with E-state index in [-0.39, 0.29) is 11.4 Å². The number of hydrogen-bond donors (Lipinski definition) is 0. The number of anilines is 1. The van der Waals surface area contributed by atoms with Gasteiger partial charge in [0.05, 0.1) is 18.0 Å². The second kappa shape index (κ2) is 7.65. The van der Waals surface area contributed by atoms with Gasteiger partial charge in [0.2, 0.25) is 0 Å². The second-order valence-corrected chi connectivity index (χ2v) is 9.87. The van der Waals surface area contributed by atoms with Crippen LogP contribution >= 0.6 is 0 Å². The fourth-order valence-electron chi connectivity index (χ4n) is 5.72. The number of aromatic nitrogens is 2. The molecule has 0 bridgehead atoms. The van der Waals surface area contributed by atoms with Gasteiger partial charge in [-0.25, -0.2) is 4.98 Å². The number of pyridine rings is 1. The van der Waals surface area contributed by atoms with E-state index in [9.17, 15) is 4.79 Å². The highest BCUT2D eigenvalue weighted by Crippen LogP contribution is 2.47. The summed E-state index contributed by atoms with van der Waals surface area (Å²) in [5.41, 5.74) is 4.04. The molecule has 6 rings (SSSR count). The molecule has 0 N–H and O–H groups in total. The Balaban J connectivity index is 1.37. The van der Waals surface area contributed by atoms with Crippen molar-refractivity contribution in [2.75, 3.05) is 31.1 Å². The number of carbonyl (C=O) groups is 1. The van der Waals surface area contributed by atoms with Crippen LogP contribution < -0.4 is 9.64 Å². The average Bonchev–Trinajstić information content (AvgIpc) is 3.57. The number of amides is 1. The third kappa shape index (κ3) is 3.15. The monoisotopic (exact) mass is 442 g/mol. The van der Waals surface area contributed by atoms with Gasteiger partial charge in [-0.1, -0.05) is 13.8 Å². The quantitative estimate of drug-likeness (QED) is 0.600. The van der Waals surface area contributed by atoms with Gasteiger partial charge in [0, 0.05) is 44.0 Å². The lowest BCUT2D eigenvalue weighted by molar-refractivity contribution is 0.0781. The first kappa shape index (κ1) is 20.3. The summed E-state index contributed by atoms with van der Waals surface area (Å²) in [4.78, 5) is 22.9. The number of ether oxygens (including phenoxy) is 1. The molecule has 33 heavy (non-hydrogen) atoms. The van der Waals surface area contributed by atoms with Crippen molar-refractivity contribution in [1.82, 2.24) is 14.5 Å². The summed E-state index contributed by atoms with van der Waals surface area (Å²) < 4.78 is 7.86. The van der Waals surface area contributed by atoms with Gasteiger partial charge in [-0.2, -0.15) is 0 Å². The largest absolute Gasteiger partial charge is 0.493 e. The van der Waals surface area contributed by atoms with Crippen LogP contribution in [-0.4, -0.2) is 46.6 Å². The predicted octanol–water partition coefficient (Wildman–Crippen LogP) is 4.41. The van der Waals surface area contributed by atoms with Crippen LogP contribution in [0.5, 0.6) is 5.75 Å². The van der Waals surface area contributed by atoms with Gasteiger partial charge in [0.15, 0.2) is 5.82 Å². The molecule has 1 fully saturated rings. The number of hydrogen-bond acceptors (Lipinski definition) is 4. The van der Waals surface area contributed by atoms with Crippen LogP contribution in [0, 0.1) is 5.92 Å². The Kier molecular flexibility index (Phi) is 4.71. The topological polar surface area (TPSA) is 50.6 Å². The first-order valence-electron chi connectivity index (χ1n) is 12.0. The molecule has 6 heteroatoms. The first-order chi connectivity index (χ1) is 16.1.